The van der Waals surface area contributed by atoms with Gasteiger partial charge >= 0.3 is 12.0 Å². The van der Waals surface area contributed by atoms with Gasteiger partial charge in [-0.25, -0.2) is 9.59 Å². The third-order valence-corrected chi connectivity index (χ3v) is 2.28. The number of unbranched alkanes of at least 4 members (excludes halogenated alkanes) is 2. The van der Waals surface area contributed by atoms with E-state index >= 15 is 0 Å². The number of nitrogens with one attached hydrogen (secondary N) is 1. The highest BCUT2D eigenvalue weighted by Gasteiger charge is 2.20. The first-order chi connectivity index (χ1) is 8.02. The van der Waals surface area contributed by atoms with Gasteiger partial charge in [-0.3, -0.25) is 0 Å². The maximum absolute atomic E-state index is 11.5. The molecule has 0 aromatic carbocycles. The molecule has 0 rings (SSSR count). The predicted octanol–water partition coefficient (Wildman–Crippen LogP) is -0.764. The van der Waals surface area contributed by atoms with Gasteiger partial charge in [-0.15, -0.1) is 0 Å². The highest BCUT2D eigenvalue weighted by Crippen LogP contribution is 1.97. The number of amides is 2. The molecule has 0 spiro atoms. The van der Waals surface area contributed by atoms with Gasteiger partial charge in [0.1, 0.15) is 0 Å². The van der Waals surface area contributed by atoms with Crippen molar-refractivity contribution < 1.29 is 24.9 Å². The van der Waals surface area contributed by atoms with E-state index in [0.717, 1.165) is 12.8 Å². The minimum Gasteiger partial charge on any atom is -0.480 e. The highest BCUT2D eigenvalue weighted by atomic mass is 16.4. The molecule has 2 amide bonds. The van der Waals surface area contributed by atoms with Crippen LogP contribution in [0.3, 0.4) is 0 Å². The number of aliphatic hydroxyl groups excluding tert-OH is 2. The maximum atomic E-state index is 11.5. The van der Waals surface area contributed by atoms with Crippen molar-refractivity contribution in [3.05, 3.63) is 0 Å². The molecule has 0 aliphatic heterocycles. The topological polar surface area (TPSA) is 110 Å². The summed E-state index contributed by atoms with van der Waals surface area (Å²) in [5.41, 5.74) is 0. The number of aliphatic carboxylic acids is 1. The molecule has 7 nitrogen and oxygen atoms in total. The van der Waals surface area contributed by atoms with Crippen LogP contribution in [0.25, 0.3) is 0 Å². The Morgan fingerprint density at radius 1 is 1.24 bits per heavy atom. The fourth-order valence-electron chi connectivity index (χ4n) is 1.18. The number of carboxylic acid groups (broad SMARTS) is 1. The molecule has 0 bridgehead atoms. The normalized spacial score (nSPS) is 11.9. The summed E-state index contributed by atoms with van der Waals surface area (Å²) in [5.74, 6) is -1.27. The number of hydrogen-bond acceptors (Lipinski definition) is 4. The van der Waals surface area contributed by atoms with Crippen LogP contribution in [-0.2, 0) is 4.79 Å². The average molecular weight is 248 g/mol. The number of carbonyl (C=O) groups excluding carboxylic acids is 1. The summed E-state index contributed by atoms with van der Waals surface area (Å²) in [5, 5.41) is 28.1. The zero-order valence-electron chi connectivity index (χ0n) is 9.93. The molecule has 0 aromatic rings. The van der Waals surface area contributed by atoms with E-state index < -0.39 is 24.6 Å². The Morgan fingerprint density at radius 2 is 1.88 bits per heavy atom. The summed E-state index contributed by atoms with van der Waals surface area (Å²) in [7, 11) is 1.55. The minimum atomic E-state index is -1.28. The number of carbonyl (C=O) groups is 2. The van der Waals surface area contributed by atoms with Crippen LogP contribution < -0.4 is 5.32 Å². The van der Waals surface area contributed by atoms with Crippen LogP contribution in [0.2, 0.25) is 0 Å². The predicted molar refractivity (Wildman–Crippen MR) is 60.6 cm³/mol. The summed E-state index contributed by atoms with van der Waals surface area (Å²) < 4.78 is 0. The largest absolute Gasteiger partial charge is 0.480 e. The molecule has 0 saturated heterocycles. The van der Waals surface area contributed by atoms with Crippen LogP contribution in [0.15, 0.2) is 0 Å². The quantitative estimate of drug-likeness (QED) is 0.422. The number of nitrogens with zero attached hydrogens (tertiary/aromatic N) is 1. The van der Waals surface area contributed by atoms with Crippen molar-refractivity contribution in [3.63, 3.8) is 0 Å². The number of carboxylic acids is 1. The maximum Gasteiger partial charge on any atom is 0.328 e. The number of hydrogen-bond donors (Lipinski definition) is 4. The minimum absolute atomic E-state index is 0.126. The molecule has 0 aliphatic carbocycles. The van der Waals surface area contributed by atoms with Crippen molar-refractivity contribution in [3.8, 4) is 0 Å². The molecule has 0 aliphatic rings. The van der Waals surface area contributed by atoms with Crippen molar-refractivity contribution in [1.82, 2.24) is 10.2 Å². The second kappa shape index (κ2) is 8.77. The lowest BCUT2D eigenvalue weighted by atomic mass is 10.2. The lowest BCUT2D eigenvalue weighted by Crippen LogP contribution is -2.48. The molecule has 1 atom stereocenters. The van der Waals surface area contributed by atoms with Crippen LogP contribution in [0.1, 0.15) is 19.3 Å². The van der Waals surface area contributed by atoms with E-state index in [0.29, 0.717) is 13.0 Å². The smallest absolute Gasteiger partial charge is 0.328 e. The number of rotatable bonds is 8. The molecule has 17 heavy (non-hydrogen) atoms. The van der Waals surface area contributed by atoms with Crippen molar-refractivity contribution in [1.29, 1.82) is 0 Å². The van der Waals surface area contributed by atoms with Crippen LogP contribution in [-0.4, -0.2) is 65.1 Å². The first-order valence-electron chi connectivity index (χ1n) is 5.49. The van der Waals surface area contributed by atoms with Gasteiger partial charge in [-0.1, -0.05) is 0 Å². The van der Waals surface area contributed by atoms with Gasteiger partial charge < -0.3 is 25.5 Å². The summed E-state index contributed by atoms with van der Waals surface area (Å²) >= 11 is 0. The van der Waals surface area contributed by atoms with Crippen LogP contribution >= 0.6 is 0 Å². The van der Waals surface area contributed by atoms with Crippen molar-refractivity contribution >= 4 is 12.0 Å². The second-order valence-electron chi connectivity index (χ2n) is 3.73. The van der Waals surface area contributed by atoms with Gasteiger partial charge in [0.05, 0.1) is 6.61 Å². The van der Waals surface area contributed by atoms with E-state index in [9.17, 15) is 9.59 Å². The Kier molecular flexibility index (Phi) is 8.08. The monoisotopic (exact) mass is 248 g/mol. The van der Waals surface area contributed by atoms with Crippen molar-refractivity contribution in [2.75, 3.05) is 26.8 Å². The first-order valence-corrected chi connectivity index (χ1v) is 5.49. The van der Waals surface area contributed by atoms with E-state index in [-0.39, 0.29) is 6.61 Å². The lowest BCUT2D eigenvalue weighted by Gasteiger charge is -2.20. The third-order valence-electron chi connectivity index (χ3n) is 2.28. The Bertz CT molecular complexity index is 247. The van der Waals surface area contributed by atoms with E-state index in [4.69, 9.17) is 15.3 Å². The van der Waals surface area contributed by atoms with Crippen LogP contribution in [0, 0.1) is 0 Å². The van der Waals surface area contributed by atoms with Gasteiger partial charge in [-0.2, -0.15) is 0 Å². The molecule has 0 fully saturated rings. The van der Waals surface area contributed by atoms with Gasteiger partial charge in [0.2, 0.25) is 0 Å². The Labute approximate surface area is 100 Å². The first kappa shape index (κ1) is 15.7. The Balaban J connectivity index is 3.91. The summed E-state index contributed by atoms with van der Waals surface area (Å²) in [6.45, 7) is -0.0372. The summed E-state index contributed by atoms with van der Waals surface area (Å²) in [6.07, 6.45) is 2.22. The molecule has 100 valence electrons. The lowest BCUT2D eigenvalue weighted by molar-refractivity contribution is -0.140. The molecule has 4 N–H and O–H groups in total. The van der Waals surface area contributed by atoms with Gasteiger partial charge in [-0.05, 0) is 19.3 Å². The molecule has 0 aromatic heterocycles. The number of urea groups is 1. The van der Waals surface area contributed by atoms with Crippen LogP contribution in [0.4, 0.5) is 4.79 Å². The third kappa shape index (κ3) is 6.75. The molecule has 0 heterocycles. The molecular formula is C10H20N2O5. The number of aliphatic hydroxyl groups is 2. The van der Waals surface area contributed by atoms with Crippen molar-refractivity contribution in [2.24, 2.45) is 0 Å². The van der Waals surface area contributed by atoms with E-state index in [2.05, 4.69) is 5.32 Å². The van der Waals surface area contributed by atoms with Gasteiger partial charge in [0.25, 0.3) is 0 Å². The average Bonchev–Trinajstić information content (AvgIpc) is 2.30. The fourth-order valence-corrected chi connectivity index (χ4v) is 1.18. The zero-order chi connectivity index (χ0) is 13.3. The molecule has 7 heteroatoms. The highest BCUT2D eigenvalue weighted by molar-refractivity contribution is 5.82. The molecule has 0 unspecified atom stereocenters. The van der Waals surface area contributed by atoms with Gasteiger partial charge in [0, 0.05) is 20.2 Å². The van der Waals surface area contributed by atoms with Crippen molar-refractivity contribution in [2.45, 2.75) is 25.3 Å². The molecular weight excluding hydrogens is 228 g/mol. The standard InChI is InChI=1S/C10H20N2O5/c1-12(5-3-2-4-6-13)10(17)11-8(7-14)9(15)16/h8,13-14H,2-7H2,1H3,(H,11,17)(H,15,16)/t8-/m1/s1. The van der Waals surface area contributed by atoms with E-state index in [1.54, 1.807) is 7.05 Å². The fraction of sp³-hybridized carbons (Fsp3) is 0.800. The Morgan fingerprint density at radius 3 is 2.35 bits per heavy atom. The van der Waals surface area contributed by atoms with Gasteiger partial charge in [0.15, 0.2) is 6.04 Å². The molecule has 0 saturated carbocycles. The van der Waals surface area contributed by atoms with E-state index in [1.807, 2.05) is 0 Å². The zero-order valence-corrected chi connectivity index (χ0v) is 9.93. The molecule has 0 radical (unpaired) electrons. The summed E-state index contributed by atoms with van der Waals surface area (Å²) in [6, 6.07) is -1.81. The second-order valence-corrected chi connectivity index (χ2v) is 3.73. The van der Waals surface area contributed by atoms with E-state index in [1.165, 1.54) is 4.90 Å². The summed E-state index contributed by atoms with van der Waals surface area (Å²) in [4.78, 5) is 23.4. The van der Waals surface area contributed by atoms with Crippen LogP contribution in [0.5, 0.6) is 0 Å². The Hall–Kier alpha value is -1.34. The SMILES string of the molecule is CN(CCCCCO)C(=O)N[C@H](CO)C(=O)O.